The number of hydrogen-bond donors (Lipinski definition) is 1. The average molecular weight is 237 g/mol. The molecular weight excluding hydrogens is 218 g/mol. The predicted octanol–water partition coefficient (Wildman–Crippen LogP) is 1.77. The fourth-order valence-corrected chi connectivity index (χ4v) is 1.64. The zero-order chi connectivity index (χ0) is 12.7. The Kier molecular flexibility index (Phi) is 5.33. The van der Waals surface area contributed by atoms with Crippen LogP contribution in [0.2, 0.25) is 0 Å². The first-order valence-electron chi connectivity index (χ1n) is 5.70. The number of carbonyl (C=O) groups is 1. The second-order valence-electron chi connectivity index (χ2n) is 3.81. The molecule has 0 aliphatic heterocycles. The lowest BCUT2D eigenvalue weighted by Gasteiger charge is -2.13. The molecule has 1 atom stereocenters. The molecule has 94 valence electrons. The van der Waals surface area contributed by atoms with Crippen molar-refractivity contribution in [1.82, 2.24) is 5.32 Å². The lowest BCUT2D eigenvalue weighted by atomic mass is 10.1. The number of amides is 1. The van der Waals surface area contributed by atoms with Crippen molar-refractivity contribution in [3.8, 4) is 11.5 Å². The van der Waals surface area contributed by atoms with E-state index in [1.54, 1.807) is 7.11 Å². The van der Waals surface area contributed by atoms with Crippen LogP contribution in [0.4, 0.5) is 0 Å². The van der Waals surface area contributed by atoms with Crippen molar-refractivity contribution in [1.29, 1.82) is 0 Å². The van der Waals surface area contributed by atoms with E-state index in [-0.39, 0.29) is 6.04 Å². The maximum Gasteiger partial charge on any atom is 0.207 e. The van der Waals surface area contributed by atoms with E-state index in [4.69, 9.17) is 9.47 Å². The monoisotopic (exact) mass is 237 g/mol. The quantitative estimate of drug-likeness (QED) is 0.735. The molecule has 1 aromatic rings. The lowest BCUT2D eigenvalue weighted by Crippen LogP contribution is -2.26. The third-order valence-electron chi connectivity index (χ3n) is 2.42. The molecule has 0 aliphatic carbocycles. The van der Waals surface area contributed by atoms with Gasteiger partial charge in [-0.2, -0.15) is 0 Å². The maximum atomic E-state index is 10.3. The molecule has 0 radical (unpaired) electrons. The van der Waals surface area contributed by atoms with Crippen LogP contribution in [0, 0.1) is 0 Å². The summed E-state index contributed by atoms with van der Waals surface area (Å²) in [6.07, 6.45) is 1.48. The second kappa shape index (κ2) is 6.78. The fourth-order valence-electron chi connectivity index (χ4n) is 1.64. The molecule has 4 nitrogen and oxygen atoms in total. The number of ether oxygens (including phenoxy) is 2. The Hall–Kier alpha value is -1.71. The van der Waals surface area contributed by atoms with Gasteiger partial charge in [-0.25, -0.2) is 0 Å². The van der Waals surface area contributed by atoms with Crippen LogP contribution < -0.4 is 14.8 Å². The molecule has 1 amide bonds. The highest BCUT2D eigenvalue weighted by atomic mass is 16.5. The van der Waals surface area contributed by atoms with E-state index >= 15 is 0 Å². The van der Waals surface area contributed by atoms with Crippen molar-refractivity contribution in [3.63, 3.8) is 0 Å². The Morgan fingerprint density at radius 1 is 1.41 bits per heavy atom. The third kappa shape index (κ3) is 3.98. The molecular formula is C13H19NO3. The second-order valence-corrected chi connectivity index (χ2v) is 3.81. The van der Waals surface area contributed by atoms with Crippen LogP contribution in [0.3, 0.4) is 0 Å². The first-order valence-corrected chi connectivity index (χ1v) is 5.70. The SMILES string of the molecule is CCOc1ccc(CC(C)NC=O)cc1OC. The van der Waals surface area contributed by atoms with Gasteiger partial charge in [-0.3, -0.25) is 4.79 Å². The summed E-state index contributed by atoms with van der Waals surface area (Å²) >= 11 is 0. The lowest BCUT2D eigenvalue weighted by molar-refractivity contribution is -0.110. The molecule has 0 heterocycles. The van der Waals surface area contributed by atoms with E-state index in [1.165, 1.54) is 0 Å². The van der Waals surface area contributed by atoms with Crippen LogP contribution in [0.5, 0.6) is 11.5 Å². The molecule has 17 heavy (non-hydrogen) atoms. The van der Waals surface area contributed by atoms with Crippen molar-refractivity contribution < 1.29 is 14.3 Å². The van der Waals surface area contributed by atoms with Gasteiger partial charge in [0.2, 0.25) is 6.41 Å². The molecule has 0 saturated heterocycles. The van der Waals surface area contributed by atoms with Crippen LogP contribution in [0.15, 0.2) is 18.2 Å². The number of methoxy groups -OCH3 is 1. The summed E-state index contributed by atoms with van der Waals surface area (Å²) in [6, 6.07) is 5.92. The van der Waals surface area contributed by atoms with Crippen molar-refractivity contribution in [2.75, 3.05) is 13.7 Å². The number of hydrogen-bond acceptors (Lipinski definition) is 3. The maximum absolute atomic E-state index is 10.3. The average Bonchev–Trinajstić information content (AvgIpc) is 2.31. The van der Waals surface area contributed by atoms with Crippen LogP contribution in [0.25, 0.3) is 0 Å². The molecule has 0 saturated carbocycles. The highest BCUT2D eigenvalue weighted by Gasteiger charge is 2.07. The Bertz CT molecular complexity index is 366. The smallest absolute Gasteiger partial charge is 0.207 e. The number of benzene rings is 1. The van der Waals surface area contributed by atoms with Crippen molar-refractivity contribution >= 4 is 6.41 Å². The van der Waals surface area contributed by atoms with Gasteiger partial charge in [-0.1, -0.05) is 6.07 Å². The van der Waals surface area contributed by atoms with Crippen LogP contribution in [-0.4, -0.2) is 26.2 Å². The first-order chi connectivity index (χ1) is 8.21. The number of carbonyl (C=O) groups excluding carboxylic acids is 1. The highest BCUT2D eigenvalue weighted by Crippen LogP contribution is 2.28. The van der Waals surface area contributed by atoms with E-state index in [2.05, 4.69) is 5.32 Å². The Morgan fingerprint density at radius 2 is 2.18 bits per heavy atom. The zero-order valence-electron chi connectivity index (χ0n) is 10.5. The molecule has 1 unspecified atom stereocenters. The van der Waals surface area contributed by atoms with E-state index in [9.17, 15) is 4.79 Å². The van der Waals surface area contributed by atoms with Gasteiger partial charge in [0.05, 0.1) is 13.7 Å². The third-order valence-corrected chi connectivity index (χ3v) is 2.42. The molecule has 1 N–H and O–H groups in total. The van der Waals surface area contributed by atoms with Gasteiger partial charge in [0, 0.05) is 6.04 Å². The van der Waals surface area contributed by atoms with Crippen molar-refractivity contribution in [3.05, 3.63) is 23.8 Å². The summed E-state index contributed by atoms with van der Waals surface area (Å²) in [6.45, 7) is 4.50. The number of nitrogens with one attached hydrogen (secondary N) is 1. The summed E-state index contributed by atoms with van der Waals surface area (Å²) in [5.74, 6) is 1.47. The summed E-state index contributed by atoms with van der Waals surface area (Å²) in [5.41, 5.74) is 1.10. The topological polar surface area (TPSA) is 47.6 Å². The molecule has 0 aromatic heterocycles. The van der Waals surface area contributed by atoms with Gasteiger partial charge < -0.3 is 14.8 Å². The summed E-state index contributed by atoms with van der Waals surface area (Å²) in [4.78, 5) is 10.3. The van der Waals surface area contributed by atoms with Crippen LogP contribution in [0.1, 0.15) is 19.4 Å². The normalized spacial score (nSPS) is 11.7. The summed E-state index contributed by atoms with van der Waals surface area (Å²) in [7, 11) is 1.62. The van der Waals surface area contributed by atoms with Gasteiger partial charge in [-0.05, 0) is 38.0 Å². The first kappa shape index (κ1) is 13.4. The molecule has 0 aliphatic rings. The van der Waals surface area contributed by atoms with Crippen LogP contribution in [-0.2, 0) is 11.2 Å². The highest BCUT2D eigenvalue weighted by molar-refractivity contribution is 5.47. The minimum Gasteiger partial charge on any atom is -0.493 e. The molecule has 1 rings (SSSR count). The number of rotatable bonds is 7. The van der Waals surface area contributed by atoms with Gasteiger partial charge in [0.15, 0.2) is 11.5 Å². The zero-order valence-corrected chi connectivity index (χ0v) is 10.5. The van der Waals surface area contributed by atoms with Gasteiger partial charge >= 0.3 is 0 Å². The minimum absolute atomic E-state index is 0.107. The Balaban J connectivity index is 2.78. The minimum atomic E-state index is 0.107. The summed E-state index contributed by atoms with van der Waals surface area (Å²) < 4.78 is 10.7. The standard InChI is InChI=1S/C13H19NO3/c1-4-17-12-6-5-11(8-13(12)16-3)7-10(2)14-9-15/h5-6,8-10H,4,7H2,1-3H3,(H,14,15). The van der Waals surface area contributed by atoms with Gasteiger partial charge in [0.1, 0.15) is 0 Å². The molecule has 4 heteroatoms. The van der Waals surface area contributed by atoms with Gasteiger partial charge in [0.25, 0.3) is 0 Å². The molecule has 0 bridgehead atoms. The van der Waals surface area contributed by atoms with Crippen molar-refractivity contribution in [2.45, 2.75) is 26.3 Å². The molecule has 0 spiro atoms. The van der Waals surface area contributed by atoms with E-state index in [0.717, 1.165) is 29.9 Å². The predicted molar refractivity (Wildman–Crippen MR) is 66.5 cm³/mol. The summed E-state index contributed by atoms with van der Waals surface area (Å²) in [5, 5.41) is 2.72. The van der Waals surface area contributed by atoms with Gasteiger partial charge in [-0.15, -0.1) is 0 Å². The molecule has 1 aromatic carbocycles. The Labute approximate surface area is 102 Å². The van der Waals surface area contributed by atoms with E-state index < -0.39 is 0 Å². The largest absolute Gasteiger partial charge is 0.493 e. The van der Waals surface area contributed by atoms with Crippen molar-refractivity contribution in [2.24, 2.45) is 0 Å². The Morgan fingerprint density at radius 3 is 2.76 bits per heavy atom. The van der Waals surface area contributed by atoms with Crippen LogP contribution >= 0.6 is 0 Å². The molecule has 0 fully saturated rings. The van der Waals surface area contributed by atoms with E-state index in [1.807, 2.05) is 32.0 Å². The van der Waals surface area contributed by atoms with E-state index in [0.29, 0.717) is 6.61 Å². The fraction of sp³-hybridized carbons (Fsp3) is 0.462.